The van der Waals surface area contributed by atoms with Crippen molar-refractivity contribution < 1.29 is 4.79 Å². The third-order valence-corrected chi connectivity index (χ3v) is 4.90. The van der Waals surface area contributed by atoms with Crippen LogP contribution < -0.4 is 16.0 Å². The molecule has 0 saturated carbocycles. The van der Waals surface area contributed by atoms with Gasteiger partial charge in [0.15, 0.2) is 5.96 Å². The number of rotatable bonds is 8. The predicted molar refractivity (Wildman–Crippen MR) is 117 cm³/mol. The highest BCUT2D eigenvalue weighted by molar-refractivity contribution is 5.93. The van der Waals surface area contributed by atoms with E-state index >= 15 is 0 Å². The monoisotopic (exact) mass is 394 g/mol. The Bertz CT molecular complexity index is 774. The lowest BCUT2D eigenvalue weighted by Gasteiger charge is -2.29. The van der Waals surface area contributed by atoms with Gasteiger partial charge in [0.25, 0.3) is 0 Å². The number of anilines is 1. The maximum Gasteiger partial charge on any atom is 0.246 e. The van der Waals surface area contributed by atoms with Crippen LogP contribution in [0.4, 0.5) is 5.69 Å². The molecule has 7 nitrogen and oxygen atoms in total. The number of carbonyl (C=O) groups excluding carboxylic acids is 1. The Morgan fingerprint density at radius 3 is 2.62 bits per heavy atom. The summed E-state index contributed by atoms with van der Waals surface area (Å²) in [4.78, 5) is 23.1. The molecule has 1 aliphatic rings. The van der Waals surface area contributed by atoms with Crippen molar-refractivity contribution in [1.82, 2.24) is 20.5 Å². The molecular formula is C22H30N6O. The smallest absolute Gasteiger partial charge is 0.246 e. The van der Waals surface area contributed by atoms with Gasteiger partial charge in [0.2, 0.25) is 5.91 Å². The molecule has 0 aliphatic carbocycles. The fourth-order valence-corrected chi connectivity index (χ4v) is 3.51. The van der Waals surface area contributed by atoms with E-state index in [1.807, 2.05) is 13.0 Å². The van der Waals surface area contributed by atoms with Crippen LogP contribution in [0, 0.1) is 0 Å². The number of benzene rings is 1. The molecule has 0 spiro atoms. The molecule has 1 saturated heterocycles. The summed E-state index contributed by atoms with van der Waals surface area (Å²) in [5.41, 5.74) is 1.97. The van der Waals surface area contributed by atoms with E-state index in [0.717, 1.165) is 26.2 Å². The highest BCUT2D eigenvalue weighted by Crippen LogP contribution is 2.24. The molecule has 1 aromatic heterocycles. The third kappa shape index (κ3) is 6.57. The highest BCUT2D eigenvalue weighted by atomic mass is 16.1. The summed E-state index contributed by atoms with van der Waals surface area (Å²) in [6.45, 7) is 5.76. The van der Waals surface area contributed by atoms with E-state index in [0.29, 0.717) is 11.6 Å². The van der Waals surface area contributed by atoms with E-state index in [4.69, 9.17) is 0 Å². The molecule has 2 heterocycles. The van der Waals surface area contributed by atoms with Crippen LogP contribution in [0.5, 0.6) is 0 Å². The van der Waals surface area contributed by atoms with Gasteiger partial charge < -0.3 is 16.0 Å². The molecule has 154 valence electrons. The number of hydrogen-bond acceptors (Lipinski definition) is 4. The third-order valence-electron chi connectivity index (χ3n) is 4.90. The number of guanidine groups is 1. The van der Waals surface area contributed by atoms with Crippen LogP contribution in [0.1, 0.15) is 31.4 Å². The normalized spacial score (nSPS) is 15.7. The van der Waals surface area contributed by atoms with Crippen molar-refractivity contribution >= 4 is 17.6 Å². The molecule has 1 fully saturated rings. The van der Waals surface area contributed by atoms with Gasteiger partial charge in [-0.1, -0.05) is 30.3 Å². The zero-order valence-electron chi connectivity index (χ0n) is 17.0. The molecule has 3 N–H and O–H groups in total. The number of aliphatic imine (C=N–C) groups is 1. The van der Waals surface area contributed by atoms with Gasteiger partial charge in [-0.25, -0.2) is 4.99 Å². The van der Waals surface area contributed by atoms with Crippen molar-refractivity contribution in [3.63, 3.8) is 0 Å². The van der Waals surface area contributed by atoms with Crippen molar-refractivity contribution in [3.8, 4) is 0 Å². The lowest BCUT2D eigenvalue weighted by molar-refractivity contribution is -0.114. The van der Waals surface area contributed by atoms with E-state index in [1.165, 1.54) is 18.4 Å². The molecule has 1 aromatic carbocycles. The van der Waals surface area contributed by atoms with Crippen LogP contribution >= 0.6 is 0 Å². The van der Waals surface area contributed by atoms with E-state index in [2.05, 4.69) is 55.1 Å². The Kier molecular flexibility index (Phi) is 8.01. The molecule has 29 heavy (non-hydrogen) atoms. The van der Waals surface area contributed by atoms with Crippen molar-refractivity contribution in [1.29, 1.82) is 0 Å². The van der Waals surface area contributed by atoms with Crippen molar-refractivity contribution in [2.24, 2.45) is 4.99 Å². The van der Waals surface area contributed by atoms with Crippen molar-refractivity contribution in [2.45, 2.75) is 25.8 Å². The van der Waals surface area contributed by atoms with Gasteiger partial charge in [0, 0.05) is 19.3 Å². The SMILES string of the molecule is CCNC(=NCC(=O)Nc1cccnc1)NCC(c1ccccc1)N1CCCC1. The van der Waals surface area contributed by atoms with Crippen LogP contribution in [0.25, 0.3) is 0 Å². The Hall–Kier alpha value is -2.93. The van der Waals surface area contributed by atoms with E-state index in [9.17, 15) is 4.79 Å². The Morgan fingerprint density at radius 1 is 1.14 bits per heavy atom. The topological polar surface area (TPSA) is 81.6 Å². The number of nitrogens with zero attached hydrogens (tertiary/aromatic N) is 3. The van der Waals surface area contributed by atoms with E-state index in [-0.39, 0.29) is 18.5 Å². The number of carbonyl (C=O) groups is 1. The summed E-state index contributed by atoms with van der Waals surface area (Å²) in [6, 6.07) is 14.4. The van der Waals surface area contributed by atoms with Crippen LogP contribution in [0.2, 0.25) is 0 Å². The molecule has 1 aliphatic heterocycles. The van der Waals surface area contributed by atoms with Gasteiger partial charge in [0.05, 0.1) is 17.9 Å². The van der Waals surface area contributed by atoms with Gasteiger partial charge >= 0.3 is 0 Å². The second kappa shape index (κ2) is 11.2. The quantitative estimate of drug-likeness (QED) is 0.473. The number of aromatic nitrogens is 1. The number of pyridine rings is 1. The van der Waals surface area contributed by atoms with Crippen molar-refractivity contribution in [2.75, 3.05) is 38.0 Å². The molecule has 1 amide bonds. The number of nitrogens with one attached hydrogen (secondary N) is 3. The summed E-state index contributed by atoms with van der Waals surface area (Å²) in [7, 11) is 0. The molecule has 0 radical (unpaired) electrons. The largest absolute Gasteiger partial charge is 0.357 e. The first-order valence-corrected chi connectivity index (χ1v) is 10.3. The number of likely N-dealkylation sites (tertiary alicyclic amines) is 1. The summed E-state index contributed by atoms with van der Waals surface area (Å²) in [6.07, 6.45) is 5.77. The number of hydrogen-bond donors (Lipinski definition) is 3. The fourth-order valence-electron chi connectivity index (χ4n) is 3.51. The molecule has 1 unspecified atom stereocenters. The Labute approximate surface area is 172 Å². The second-order valence-electron chi connectivity index (χ2n) is 7.04. The lowest BCUT2D eigenvalue weighted by atomic mass is 10.1. The second-order valence-corrected chi connectivity index (χ2v) is 7.04. The lowest BCUT2D eigenvalue weighted by Crippen LogP contribution is -2.43. The number of amides is 1. The Morgan fingerprint density at radius 2 is 1.93 bits per heavy atom. The molecule has 2 aromatic rings. The highest BCUT2D eigenvalue weighted by Gasteiger charge is 2.23. The van der Waals surface area contributed by atoms with Gasteiger partial charge in [-0.3, -0.25) is 14.7 Å². The van der Waals surface area contributed by atoms with Gasteiger partial charge in [-0.05, 0) is 50.6 Å². The van der Waals surface area contributed by atoms with Crippen LogP contribution in [-0.4, -0.2) is 54.5 Å². The van der Waals surface area contributed by atoms with Crippen LogP contribution in [0.15, 0.2) is 59.9 Å². The van der Waals surface area contributed by atoms with E-state index in [1.54, 1.807) is 24.5 Å². The maximum absolute atomic E-state index is 12.2. The first kappa shape index (κ1) is 20.8. The predicted octanol–water partition coefficient (Wildman–Crippen LogP) is 2.41. The van der Waals surface area contributed by atoms with Crippen LogP contribution in [-0.2, 0) is 4.79 Å². The molecule has 3 rings (SSSR count). The molecular weight excluding hydrogens is 364 g/mol. The van der Waals surface area contributed by atoms with Gasteiger partial charge in [0.1, 0.15) is 6.54 Å². The van der Waals surface area contributed by atoms with Gasteiger partial charge in [-0.15, -0.1) is 0 Å². The minimum absolute atomic E-state index is 0.0456. The molecule has 7 heteroatoms. The maximum atomic E-state index is 12.2. The Balaban J connectivity index is 1.60. The summed E-state index contributed by atoms with van der Waals surface area (Å²) in [5, 5.41) is 9.45. The first-order valence-electron chi connectivity index (χ1n) is 10.3. The standard InChI is InChI=1S/C22H30N6O/c1-2-24-22(26-17-21(29)27-19-11-8-12-23-15-19)25-16-20(28-13-6-7-14-28)18-9-4-3-5-10-18/h3-5,8-12,15,20H,2,6-7,13-14,16-17H2,1H3,(H,27,29)(H2,24,25,26). The summed E-state index contributed by atoms with van der Waals surface area (Å²) in [5.74, 6) is 0.475. The van der Waals surface area contributed by atoms with Crippen LogP contribution in [0.3, 0.4) is 0 Å². The minimum atomic E-state index is -0.172. The minimum Gasteiger partial charge on any atom is -0.357 e. The van der Waals surface area contributed by atoms with Gasteiger partial charge in [-0.2, -0.15) is 0 Å². The fraction of sp³-hybridized carbons (Fsp3) is 0.409. The average molecular weight is 395 g/mol. The van der Waals surface area contributed by atoms with E-state index < -0.39 is 0 Å². The van der Waals surface area contributed by atoms with Crippen molar-refractivity contribution in [3.05, 3.63) is 60.4 Å². The summed E-state index contributed by atoms with van der Waals surface area (Å²) >= 11 is 0. The zero-order valence-corrected chi connectivity index (χ0v) is 17.0. The average Bonchev–Trinajstić information content (AvgIpc) is 3.28. The summed E-state index contributed by atoms with van der Waals surface area (Å²) < 4.78 is 0. The first-order chi connectivity index (χ1) is 14.3. The zero-order chi connectivity index (χ0) is 20.3. The molecule has 0 bridgehead atoms. The molecule has 1 atom stereocenters.